The van der Waals surface area contributed by atoms with Gasteiger partial charge in [0.05, 0.1) is 5.69 Å². The number of carbonyl (C=O) groups excluding carboxylic acids is 2. The van der Waals surface area contributed by atoms with E-state index in [1.54, 1.807) is 12.1 Å². The van der Waals surface area contributed by atoms with Gasteiger partial charge in [-0.2, -0.15) is 0 Å². The minimum absolute atomic E-state index is 0.254. The van der Waals surface area contributed by atoms with E-state index in [2.05, 4.69) is 0 Å². The maximum atomic E-state index is 13.3. The van der Waals surface area contributed by atoms with Gasteiger partial charge in [-0.3, -0.25) is 9.59 Å². The van der Waals surface area contributed by atoms with Gasteiger partial charge in [-0.25, -0.2) is 9.29 Å². The summed E-state index contributed by atoms with van der Waals surface area (Å²) in [6.45, 7) is 0. The summed E-state index contributed by atoms with van der Waals surface area (Å²) in [6.07, 6.45) is 3.14. The lowest BCUT2D eigenvalue weighted by molar-refractivity contribution is -0.119. The third-order valence-corrected chi connectivity index (χ3v) is 3.89. The molecule has 1 aliphatic carbocycles. The van der Waals surface area contributed by atoms with Gasteiger partial charge in [-0.1, -0.05) is 12.1 Å². The first-order chi connectivity index (χ1) is 10.1. The number of anilines is 1. The molecule has 0 unspecified atom stereocenters. The van der Waals surface area contributed by atoms with E-state index in [-0.39, 0.29) is 17.6 Å². The normalized spacial score (nSPS) is 15.6. The van der Waals surface area contributed by atoms with Crippen molar-refractivity contribution in [3.05, 3.63) is 65.5 Å². The highest BCUT2D eigenvalue weighted by atomic mass is 19.1. The molecule has 1 aliphatic heterocycles. The molecule has 0 saturated heterocycles. The van der Waals surface area contributed by atoms with Crippen LogP contribution in [0.25, 0.3) is 11.1 Å². The first-order valence-electron chi connectivity index (χ1n) is 6.61. The number of rotatable bonds is 1. The van der Waals surface area contributed by atoms with Crippen molar-refractivity contribution in [2.75, 3.05) is 4.90 Å². The van der Waals surface area contributed by atoms with Crippen LogP contribution in [0.2, 0.25) is 0 Å². The molecule has 0 aromatic heterocycles. The van der Waals surface area contributed by atoms with Crippen LogP contribution in [-0.4, -0.2) is 11.8 Å². The molecule has 0 radical (unpaired) electrons. The van der Waals surface area contributed by atoms with Crippen molar-refractivity contribution < 1.29 is 14.0 Å². The fourth-order valence-electron chi connectivity index (χ4n) is 2.96. The van der Waals surface area contributed by atoms with Crippen molar-refractivity contribution in [2.24, 2.45) is 0 Å². The average Bonchev–Trinajstić information content (AvgIpc) is 2.97. The SMILES string of the molecule is O=C1C=CC(=O)N1c1ccc2c(c1)Cc1cc(F)ccc1-2. The first kappa shape index (κ1) is 12.0. The van der Waals surface area contributed by atoms with Crippen LogP contribution >= 0.6 is 0 Å². The monoisotopic (exact) mass is 279 g/mol. The van der Waals surface area contributed by atoms with Gasteiger partial charge in [0.15, 0.2) is 0 Å². The summed E-state index contributed by atoms with van der Waals surface area (Å²) >= 11 is 0. The number of imide groups is 1. The van der Waals surface area contributed by atoms with Crippen molar-refractivity contribution in [3.63, 3.8) is 0 Å². The van der Waals surface area contributed by atoms with Gasteiger partial charge in [-0.05, 0) is 52.9 Å². The second-order valence-corrected chi connectivity index (χ2v) is 5.16. The Morgan fingerprint density at radius 2 is 1.48 bits per heavy atom. The highest BCUT2D eigenvalue weighted by Gasteiger charge is 2.27. The molecule has 2 amide bonds. The predicted octanol–water partition coefficient (Wildman–Crippen LogP) is 2.83. The van der Waals surface area contributed by atoms with Crippen LogP contribution < -0.4 is 4.90 Å². The van der Waals surface area contributed by atoms with Crippen LogP contribution in [-0.2, 0) is 16.0 Å². The molecule has 0 bridgehead atoms. The second-order valence-electron chi connectivity index (χ2n) is 5.16. The lowest BCUT2D eigenvalue weighted by atomic mass is 10.1. The Morgan fingerprint density at radius 1 is 0.857 bits per heavy atom. The first-order valence-corrected chi connectivity index (χ1v) is 6.61. The van der Waals surface area contributed by atoms with Crippen molar-refractivity contribution in [2.45, 2.75) is 6.42 Å². The second kappa shape index (κ2) is 4.12. The number of carbonyl (C=O) groups is 2. The molecule has 102 valence electrons. The third kappa shape index (κ3) is 1.72. The van der Waals surface area contributed by atoms with Crippen LogP contribution in [0.1, 0.15) is 11.1 Å². The van der Waals surface area contributed by atoms with Gasteiger partial charge >= 0.3 is 0 Å². The van der Waals surface area contributed by atoms with Gasteiger partial charge in [0.1, 0.15) is 5.82 Å². The molecule has 2 aliphatic rings. The van der Waals surface area contributed by atoms with E-state index in [1.807, 2.05) is 12.1 Å². The Morgan fingerprint density at radius 3 is 2.19 bits per heavy atom. The van der Waals surface area contributed by atoms with E-state index in [4.69, 9.17) is 0 Å². The standard InChI is InChI=1S/C17H10FNO2/c18-12-1-3-14-10(8-12)7-11-9-13(2-4-15(11)14)19-16(20)5-6-17(19)21/h1-6,8-9H,7H2. The Kier molecular flexibility index (Phi) is 2.36. The summed E-state index contributed by atoms with van der Waals surface area (Å²) in [5, 5.41) is 0. The van der Waals surface area contributed by atoms with E-state index >= 15 is 0 Å². The molecule has 0 spiro atoms. The third-order valence-electron chi connectivity index (χ3n) is 3.89. The number of nitrogens with zero attached hydrogens (tertiary/aromatic N) is 1. The number of halogens is 1. The predicted molar refractivity (Wildman–Crippen MR) is 76.3 cm³/mol. The molecule has 0 saturated carbocycles. The van der Waals surface area contributed by atoms with Crippen molar-refractivity contribution in [1.82, 2.24) is 0 Å². The molecule has 4 heteroatoms. The van der Waals surface area contributed by atoms with E-state index in [1.165, 1.54) is 24.3 Å². The van der Waals surface area contributed by atoms with Crippen LogP contribution in [0.3, 0.4) is 0 Å². The van der Waals surface area contributed by atoms with Crippen molar-refractivity contribution in [1.29, 1.82) is 0 Å². The van der Waals surface area contributed by atoms with Gasteiger partial charge in [0.25, 0.3) is 11.8 Å². The van der Waals surface area contributed by atoms with E-state index in [0.717, 1.165) is 27.2 Å². The number of amides is 2. The number of fused-ring (bicyclic) bond motifs is 3. The van der Waals surface area contributed by atoms with Gasteiger partial charge in [-0.15, -0.1) is 0 Å². The van der Waals surface area contributed by atoms with Gasteiger partial charge in [0, 0.05) is 12.2 Å². The summed E-state index contributed by atoms with van der Waals surface area (Å²) < 4.78 is 13.3. The summed E-state index contributed by atoms with van der Waals surface area (Å²) in [5.74, 6) is -0.918. The molecule has 0 atom stereocenters. The minimum Gasteiger partial charge on any atom is -0.269 e. The smallest absolute Gasteiger partial charge is 0.258 e. The molecule has 3 nitrogen and oxygen atoms in total. The summed E-state index contributed by atoms with van der Waals surface area (Å²) in [7, 11) is 0. The molecule has 21 heavy (non-hydrogen) atoms. The number of hydrogen-bond acceptors (Lipinski definition) is 2. The molecular weight excluding hydrogens is 269 g/mol. The van der Waals surface area contributed by atoms with E-state index < -0.39 is 0 Å². The maximum absolute atomic E-state index is 13.3. The largest absolute Gasteiger partial charge is 0.269 e. The van der Waals surface area contributed by atoms with Crippen LogP contribution in [0, 0.1) is 5.82 Å². The summed E-state index contributed by atoms with van der Waals surface area (Å²) in [4.78, 5) is 24.6. The van der Waals surface area contributed by atoms with Crippen LogP contribution in [0.15, 0.2) is 48.6 Å². The average molecular weight is 279 g/mol. The molecule has 4 rings (SSSR count). The fourth-order valence-corrected chi connectivity index (χ4v) is 2.96. The molecular formula is C17H10FNO2. The Hall–Kier alpha value is -2.75. The quantitative estimate of drug-likeness (QED) is 0.642. The van der Waals surface area contributed by atoms with Gasteiger partial charge in [0.2, 0.25) is 0 Å². The number of hydrogen-bond donors (Lipinski definition) is 0. The zero-order valence-electron chi connectivity index (χ0n) is 11.0. The Bertz CT molecular complexity index is 821. The highest BCUT2D eigenvalue weighted by Crippen LogP contribution is 2.39. The molecule has 0 N–H and O–H groups in total. The molecule has 2 aromatic carbocycles. The molecule has 1 heterocycles. The zero-order chi connectivity index (χ0) is 14.6. The summed E-state index contributed by atoms with van der Waals surface area (Å²) in [6, 6.07) is 10.2. The topological polar surface area (TPSA) is 37.4 Å². The van der Waals surface area contributed by atoms with Crippen LogP contribution in [0.4, 0.5) is 10.1 Å². The summed E-state index contributed by atoms with van der Waals surface area (Å²) in [5.41, 5.74) is 4.53. The molecule has 2 aromatic rings. The van der Waals surface area contributed by atoms with Crippen molar-refractivity contribution >= 4 is 17.5 Å². The lowest BCUT2D eigenvalue weighted by Gasteiger charge is -2.15. The lowest BCUT2D eigenvalue weighted by Crippen LogP contribution is -2.29. The number of benzene rings is 2. The minimum atomic E-state index is -0.332. The Balaban J connectivity index is 1.78. The highest BCUT2D eigenvalue weighted by molar-refractivity contribution is 6.28. The maximum Gasteiger partial charge on any atom is 0.258 e. The van der Waals surface area contributed by atoms with E-state index in [9.17, 15) is 14.0 Å². The van der Waals surface area contributed by atoms with Gasteiger partial charge < -0.3 is 0 Å². The van der Waals surface area contributed by atoms with E-state index in [0.29, 0.717) is 12.1 Å². The fraction of sp³-hybridized carbons (Fsp3) is 0.0588. The Labute approximate surface area is 120 Å². The van der Waals surface area contributed by atoms with Crippen molar-refractivity contribution in [3.8, 4) is 11.1 Å². The molecule has 0 fully saturated rings. The zero-order valence-corrected chi connectivity index (χ0v) is 11.0. The van der Waals surface area contributed by atoms with Crippen LogP contribution in [0.5, 0.6) is 0 Å².